The number of rotatable bonds is 3. The molecule has 0 spiro atoms. The smallest absolute Gasteiger partial charge is 0.404 e. The maximum absolute atomic E-state index is 12.5. The molecule has 1 aromatic rings. The summed E-state index contributed by atoms with van der Waals surface area (Å²) in [6.07, 6.45) is -4.65. The Morgan fingerprint density at radius 2 is 1.72 bits per heavy atom. The maximum Gasteiger partial charge on any atom is 0.404 e. The lowest BCUT2D eigenvalue weighted by atomic mass is 9.84. The minimum absolute atomic E-state index is 0.185. The van der Waals surface area contributed by atoms with E-state index in [1.165, 1.54) is 12.1 Å². The van der Waals surface area contributed by atoms with Crippen molar-refractivity contribution in [3.8, 4) is 5.75 Å². The Morgan fingerprint density at radius 1 is 1.22 bits per heavy atom. The molecule has 0 saturated heterocycles. The van der Waals surface area contributed by atoms with E-state index in [1.807, 2.05) is 0 Å². The van der Waals surface area contributed by atoms with Crippen molar-refractivity contribution >= 4 is 5.97 Å². The van der Waals surface area contributed by atoms with E-state index in [0.29, 0.717) is 0 Å². The number of hydrogen-bond donors (Lipinski definition) is 1. The van der Waals surface area contributed by atoms with E-state index in [-0.39, 0.29) is 5.75 Å². The zero-order chi connectivity index (χ0) is 14.0. The van der Waals surface area contributed by atoms with Gasteiger partial charge in [-0.3, -0.25) is 4.79 Å². The molecular weight excluding hydrogens is 247 g/mol. The number of esters is 1. The normalized spacial score (nSPS) is 14.1. The number of carbonyl (C=O) groups excluding carboxylic acids is 1. The summed E-state index contributed by atoms with van der Waals surface area (Å²) in [7, 11) is 0. The lowest BCUT2D eigenvalue weighted by Gasteiger charge is -2.30. The average Bonchev–Trinajstić information content (AvgIpc) is 2.28. The number of halogens is 3. The van der Waals surface area contributed by atoms with Gasteiger partial charge in [-0.2, -0.15) is 13.2 Å². The van der Waals surface area contributed by atoms with Gasteiger partial charge in [-0.1, -0.05) is 18.2 Å². The van der Waals surface area contributed by atoms with Gasteiger partial charge in [-0.05, 0) is 26.0 Å². The number of hydrogen-bond acceptors (Lipinski definition) is 3. The van der Waals surface area contributed by atoms with Crippen molar-refractivity contribution in [2.24, 2.45) is 11.1 Å². The number of ether oxygens (including phenoxy) is 1. The van der Waals surface area contributed by atoms with Gasteiger partial charge in [0.1, 0.15) is 11.8 Å². The van der Waals surface area contributed by atoms with Crippen LogP contribution in [0.4, 0.5) is 13.2 Å². The van der Waals surface area contributed by atoms with Crippen LogP contribution in [0.25, 0.3) is 0 Å². The predicted molar refractivity (Wildman–Crippen MR) is 59.9 cm³/mol. The molecule has 0 amide bonds. The quantitative estimate of drug-likeness (QED) is 0.672. The van der Waals surface area contributed by atoms with Gasteiger partial charge in [0.05, 0.1) is 5.41 Å². The third kappa shape index (κ3) is 3.22. The first kappa shape index (κ1) is 14.5. The summed E-state index contributed by atoms with van der Waals surface area (Å²) < 4.78 is 42.4. The van der Waals surface area contributed by atoms with Crippen LogP contribution in [0.3, 0.4) is 0 Å². The van der Waals surface area contributed by atoms with E-state index in [0.717, 1.165) is 13.8 Å². The molecule has 18 heavy (non-hydrogen) atoms. The Balaban J connectivity index is 2.83. The van der Waals surface area contributed by atoms with E-state index in [2.05, 4.69) is 0 Å². The highest BCUT2D eigenvalue weighted by atomic mass is 19.4. The van der Waals surface area contributed by atoms with E-state index < -0.39 is 23.6 Å². The Kier molecular flexibility index (Phi) is 4.01. The van der Waals surface area contributed by atoms with Gasteiger partial charge in [0.15, 0.2) is 0 Å². The van der Waals surface area contributed by atoms with Crippen LogP contribution < -0.4 is 10.5 Å². The fourth-order valence-electron chi connectivity index (χ4n) is 1.26. The second-order valence-corrected chi connectivity index (χ2v) is 4.44. The van der Waals surface area contributed by atoms with E-state index in [4.69, 9.17) is 10.5 Å². The zero-order valence-corrected chi connectivity index (χ0v) is 9.99. The first-order chi connectivity index (χ1) is 8.15. The SMILES string of the molecule is CC(C)(C(=O)Oc1ccccc1)[C@H](N)C(F)(F)F. The summed E-state index contributed by atoms with van der Waals surface area (Å²) in [5, 5.41) is 0. The largest absolute Gasteiger partial charge is 0.426 e. The molecule has 0 bridgehead atoms. The van der Waals surface area contributed by atoms with Gasteiger partial charge < -0.3 is 10.5 Å². The highest BCUT2D eigenvalue weighted by Gasteiger charge is 2.51. The van der Waals surface area contributed by atoms with Crippen molar-refractivity contribution in [2.45, 2.75) is 26.1 Å². The topological polar surface area (TPSA) is 52.3 Å². The molecular formula is C12H14F3NO2. The summed E-state index contributed by atoms with van der Waals surface area (Å²) in [6, 6.07) is 5.60. The van der Waals surface area contributed by atoms with Crippen LogP contribution in [0.1, 0.15) is 13.8 Å². The third-order valence-electron chi connectivity index (χ3n) is 2.61. The minimum Gasteiger partial charge on any atom is -0.426 e. The first-order valence-electron chi connectivity index (χ1n) is 5.25. The summed E-state index contributed by atoms with van der Waals surface area (Å²) in [5.41, 5.74) is 3.20. The first-order valence-corrected chi connectivity index (χ1v) is 5.25. The fraction of sp³-hybridized carbons (Fsp3) is 0.417. The summed E-state index contributed by atoms with van der Waals surface area (Å²) in [4.78, 5) is 11.7. The molecule has 1 atom stereocenters. The van der Waals surface area contributed by atoms with Crippen LogP contribution in [0.15, 0.2) is 30.3 Å². The second-order valence-electron chi connectivity index (χ2n) is 4.44. The zero-order valence-electron chi connectivity index (χ0n) is 9.99. The van der Waals surface area contributed by atoms with Crippen LogP contribution in [0, 0.1) is 5.41 Å². The van der Waals surface area contributed by atoms with E-state index in [1.54, 1.807) is 18.2 Å². The average molecular weight is 261 g/mol. The molecule has 2 N–H and O–H groups in total. The second kappa shape index (κ2) is 4.97. The van der Waals surface area contributed by atoms with Crippen molar-refractivity contribution in [1.82, 2.24) is 0 Å². The third-order valence-corrected chi connectivity index (χ3v) is 2.61. The molecule has 0 aliphatic rings. The Bertz CT molecular complexity index is 415. The molecule has 3 nitrogen and oxygen atoms in total. The predicted octanol–water partition coefficient (Wildman–Crippen LogP) is 2.51. The van der Waals surface area contributed by atoms with Gasteiger partial charge in [-0.25, -0.2) is 0 Å². The molecule has 100 valence electrons. The highest BCUT2D eigenvalue weighted by molar-refractivity contribution is 5.79. The molecule has 0 fully saturated rings. The van der Waals surface area contributed by atoms with Gasteiger partial charge in [0.2, 0.25) is 0 Å². The maximum atomic E-state index is 12.5. The number of carbonyl (C=O) groups is 1. The molecule has 1 aromatic carbocycles. The van der Waals surface area contributed by atoms with Crippen molar-refractivity contribution in [2.75, 3.05) is 0 Å². The summed E-state index contributed by atoms with van der Waals surface area (Å²) in [5.74, 6) is -0.830. The highest BCUT2D eigenvalue weighted by Crippen LogP contribution is 2.33. The van der Waals surface area contributed by atoms with Crippen LogP contribution in [0.5, 0.6) is 5.75 Å². The molecule has 0 radical (unpaired) electrons. The minimum atomic E-state index is -4.65. The fourth-order valence-corrected chi connectivity index (χ4v) is 1.26. The molecule has 0 heterocycles. The molecule has 1 rings (SSSR count). The van der Waals surface area contributed by atoms with Crippen LogP contribution in [0.2, 0.25) is 0 Å². The molecule has 6 heteroatoms. The summed E-state index contributed by atoms with van der Waals surface area (Å²) in [6.45, 7) is 2.22. The van der Waals surface area contributed by atoms with Crippen LogP contribution in [-0.4, -0.2) is 18.2 Å². The lowest BCUT2D eigenvalue weighted by Crippen LogP contribution is -2.53. The molecule has 0 aromatic heterocycles. The van der Waals surface area contributed by atoms with Gasteiger partial charge in [0.25, 0.3) is 0 Å². The standard InChI is InChI=1S/C12H14F3NO2/c1-11(2,9(16)12(13,14)15)10(17)18-8-6-4-3-5-7-8/h3-7,9H,16H2,1-2H3/t9-/m0/s1. The monoisotopic (exact) mass is 261 g/mol. The van der Waals surface area contributed by atoms with Crippen molar-refractivity contribution in [3.05, 3.63) is 30.3 Å². The Labute approximate surface area is 103 Å². The van der Waals surface area contributed by atoms with Gasteiger partial charge >= 0.3 is 12.1 Å². The number of para-hydroxylation sites is 1. The molecule has 0 saturated carbocycles. The van der Waals surface area contributed by atoms with Crippen molar-refractivity contribution in [1.29, 1.82) is 0 Å². The molecule has 0 aliphatic heterocycles. The van der Waals surface area contributed by atoms with Gasteiger partial charge in [-0.15, -0.1) is 0 Å². The number of benzene rings is 1. The molecule has 0 aliphatic carbocycles. The van der Waals surface area contributed by atoms with E-state index >= 15 is 0 Å². The Morgan fingerprint density at radius 3 is 2.17 bits per heavy atom. The summed E-state index contributed by atoms with van der Waals surface area (Å²) >= 11 is 0. The molecule has 0 unspecified atom stereocenters. The van der Waals surface area contributed by atoms with Crippen molar-refractivity contribution < 1.29 is 22.7 Å². The lowest BCUT2D eigenvalue weighted by molar-refractivity contribution is -0.183. The Hall–Kier alpha value is -1.56. The van der Waals surface area contributed by atoms with E-state index in [9.17, 15) is 18.0 Å². The van der Waals surface area contributed by atoms with Crippen LogP contribution in [-0.2, 0) is 4.79 Å². The number of alkyl halides is 3. The number of nitrogens with two attached hydrogens (primary N) is 1. The van der Waals surface area contributed by atoms with Gasteiger partial charge in [0, 0.05) is 0 Å². The van der Waals surface area contributed by atoms with Crippen molar-refractivity contribution in [3.63, 3.8) is 0 Å². The van der Waals surface area contributed by atoms with Crippen LogP contribution >= 0.6 is 0 Å².